The molecule has 1 heterocycles. The van der Waals surface area contributed by atoms with E-state index in [9.17, 15) is 0 Å². The van der Waals surface area contributed by atoms with E-state index in [1.807, 2.05) is 0 Å². The second kappa shape index (κ2) is 8.67. The van der Waals surface area contributed by atoms with E-state index < -0.39 is 0 Å². The predicted molar refractivity (Wildman–Crippen MR) is 73.3 cm³/mol. The summed E-state index contributed by atoms with van der Waals surface area (Å²) in [5, 5.41) is 1.08. The zero-order chi connectivity index (χ0) is 13.4. The summed E-state index contributed by atoms with van der Waals surface area (Å²) < 4.78 is 10.2. The van der Waals surface area contributed by atoms with Gasteiger partial charge >= 0.3 is 0 Å². The molecule has 0 aliphatic heterocycles. The lowest BCUT2D eigenvalue weighted by atomic mass is 10.3. The Morgan fingerprint density at radius 2 is 1.72 bits per heavy atom. The van der Waals surface area contributed by atoms with Gasteiger partial charge in [0.05, 0.1) is 23.9 Å². The van der Waals surface area contributed by atoms with Crippen LogP contribution < -0.4 is 0 Å². The summed E-state index contributed by atoms with van der Waals surface area (Å²) in [5.74, 6) is 0. The van der Waals surface area contributed by atoms with Crippen LogP contribution in [-0.4, -0.2) is 50.4 Å². The smallest absolute Gasteiger partial charge is 0.129 e. The van der Waals surface area contributed by atoms with Gasteiger partial charge in [-0.05, 0) is 12.1 Å². The van der Waals surface area contributed by atoms with Gasteiger partial charge in [-0.2, -0.15) is 0 Å². The van der Waals surface area contributed by atoms with Crippen molar-refractivity contribution in [2.45, 2.75) is 6.54 Å². The van der Waals surface area contributed by atoms with Crippen LogP contribution in [0, 0.1) is 0 Å². The topological polar surface area (TPSA) is 34.6 Å². The highest BCUT2D eigenvalue weighted by molar-refractivity contribution is 6.32. The minimum atomic E-state index is 0.452. The first-order valence-corrected chi connectivity index (χ1v) is 6.44. The fourth-order valence-corrected chi connectivity index (χ4v) is 1.82. The summed E-state index contributed by atoms with van der Waals surface area (Å²) in [4.78, 5) is 6.40. The Bertz CT molecular complexity index is 356. The molecule has 102 valence electrons. The van der Waals surface area contributed by atoms with E-state index in [0.717, 1.165) is 18.8 Å². The molecule has 18 heavy (non-hydrogen) atoms. The molecule has 0 atom stereocenters. The number of pyridine rings is 1. The van der Waals surface area contributed by atoms with Gasteiger partial charge in [0.15, 0.2) is 0 Å². The van der Waals surface area contributed by atoms with Gasteiger partial charge in [-0.3, -0.25) is 4.90 Å². The molecule has 1 aromatic rings. The maximum absolute atomic E-state index is 6.10. The van der Waals surface area contributed by atoms with Crippen LogP contribution in [0.25, 0.3) is 0 Å². The van der Waals surface area contributed by atoms with Crippen molar-refractivity contribution in [3.63, 3.8) is 0 Å². The highest BCUT2D eigenvalue weighted by atomic mass is 35.5. The van der Waals surface area contributed by atoms with E-state index in [-0.39, 0.29) is 0 Å². The maximum atomic E-state index is 6.10. The molecule has 0 fully saturated rings. The molecule has 0 radical (unpaired) electrons. The van der Waals surface area contributed by atoms with Gasteiger partial charge in [-0.1, -0.05) is 23.2 Å². The Hall–Kier alpha value is -0.390. The van der Waals surface area contributed by atoms with Crippen LogP contribution in [-0.2, 0) is 16.0 Å². The quantitative estimate of drug-likeness (QED) is 0.690. The molecule has 0 amide bonds. The minimum Gasteiger partial charge on any atom is -0.383 e. The lowest BCUT2D eigenvalue weighted by molar-refractivity contribution is 0.109. The van der Waals surface area contributed by atoms with Crippen molar-refractivity contribution in [1.82, 2.24) is 9.88 Å². The lowest BCUT2D eigenvalue weighted by Gasteiger charge is -2.21. The number of aromatic nitrogens is 1. The van der Waals surface area contributed by atoms with Gasteiger partial charge in [0.2, 0.25) is 0 Å². The van der Waals surface area contributed by atoms with Crippen LogP contribution in [0.2, 0.25) is 10.2 Å². The Labute approximate surface area is 118 Å². The van der Waals surface area contributed by atoms with Crippen molar-refractivity contribution < 1.29 is 9.47 Å². The molecule has 0 saturated heterocycles. The van der Waals surface area contributed by atoms with Gasteiger partial charge < -0.3 is 9.47 Å². The fourth-order valence-electron chi connectivity index (χ4n) is 1.49. The number of ether oxygens (including phenoxy) is 2. The van der Waals surface area contributed by atoms with Crippen molar-refractivity contribution in [1.29, 1.82) is 0 Å². The fraction of sp³-hybridized carbons (Fsp3) is 0.583. The number of hydrogen-bond acceptors (Lipinski definition) is 4. The molecule has 0 N–H and O–H groups in total. The third kappa shape index (κ3) is 5.50. The zero-order valence-corrected chi connectivity index (χ0v) is 12.2. The Morgan fingerprint density at radius 1 is 1.11 bits per heavy atom. The molecule has 1 aromatic heterocycles. The summed E-state index contributed by atoms with van der Waals surface area (Å²) in [5.41, 5.74) is 0.774. The standard InChI is InChI=1S/C12H18Cl2N2O2/c1-17-7-5-16(6-8-18-2)9-11-10(13)3-4-12(14)15-11/h3-4H,5-9H2,1-2H3. The monoisotopic (exact) mass is 292 g/mol. The molecule has 0 aliphatic carbocycles. The predicted octanol–water partition coefficient (Wildman–Crippen LogP) is 2.48. The molecular formula is C12H18Cl2N2O2. The van der Waals surface area contributed by atoms with Crippen molar-refractivity contribution in [2.24, 2.45) is 0 Å². The number of nitrogens with zero attached hydrogens (tertiary/aromatic N) is 2. The second-order valence-corrected chi connectivity index (χ2v) is 4.62. The average molecular weight is 293 g/mol. The molecule has 1 rings (SSSR count). The molecule has 4 nitrogen and oxygen atoms in total. The Morgan fingerprint density at radius 3 is 2.28 bits per heavy atom. The largest absolute Gasteiger partial charge is 0.383 e. The lowest BCUT2D eigenvalue weighted by Crippen LogP contribution is -2.30. The first kappa shape index (κ1) is 15.7. The van der Waals surface area contributed by atoms with E-state index in [4.69, 9.17) is 32.7 Å². The summed E-state index contributed by atoms with van der Waals surface area (Å²) in [7, 11) is 3.36. The van der Waals surface area contributed by atoms with E-state index in [1.165, 1.54) is 0 Å². The molecule has 0 spiro atoms. The van der Waals surface area contributed by atoms with Crippen LogP contribution in [0.4, 0.5) is 0 Å². The molecule has 0 bridgehead atoms. The molecular weight excluding hydrogens is 275 g/mol. The van der Waals surface area contributed by atoms with Crippen molar-refractivity contribution in [2.75, 3.05) is 40.5 Å². The van der Waals surface area contributed by atoms with E-state index in [0.29, 0.717) is 29.9 Å². The van der Waals surface area contributed by atoms with Crippen LogP contribution in [0.3, 0.4) is 0 Å². The third-order valence-electron chi connectivity index (χ3n) is 2.48. The Kier molecular flexibility index (Phi) is 7.54. The molecule has 0 unspecified atom stereocenters. The highest BCUT2D eigenvalue weighted by Crippen LogP contribution is 2.18. The van der Waals surface area contributed by atoms with Crippen LogP contribution >= 0.6 is 23.2 Å². The molecule has 0 aromatic carbocycles. The van der Waals surface area contributed by atoms with Gasteiger partial charge in [0.25, 0.3) is 0 Å². The number of methoxy groups -OCH3 is 2. The van der Waals surface area contributed by atoms with E-state index >= 15 is 0 Å². The van der Waals surface area contributed by atoms with Crippen LogP contribution in [0.15, 0.2) is 12.1 Å². The minimum absolute atomic E-state index is 0.452. The highest BCUT2D eigenvalue weighted by Gasteiger charge is 2.10. The zero-order valence-electron chi connectivity index (χ0n) is 10.7. The van der Waals surface area contributed by atoms with Crippen LogP contribution in [0.1, 0.15) is 5.69 Å². The van der Waals surface area contributed by atoms with E-state index in [1.54, 1.807) is 26.4 Å². The SMILES string of the molecule is COCCN(CCOC)Cc1nc(Cl)ccc1Cl. The van der Waals surface area contributed by atoms with E-state index in [2.05, 4.69) is 9.88 Å². The van der Waals surface area contributed by atoms with Gasteiger partial charge in [-0.25, -0.2) is 4.98 Å². The molecule has 6 heteroatoms. The summed E-state index contributed by atoms with van der Waals surface area (Å²) in [6.07, 6.45) is 0. The molecule has 0 aliphatic rings. The summed E-state index contributed by atoms with van der Waals surface area (Å²) >= 11 is 12.0. The normalized spacial score (nSPS) is 11.2. The number of rotatable bonds is 8. The van der Waals surface area contributed by atoms with Crippen molar-refractivity contribution >= 4 is 23.2 Å². The van der Waals surface area contributed by atoms with Crippen molar-refractivity contribution in [3.05, 3.63) is 28.0 Å². The first-order chi connectivity index (χ1) is 8.67. The first-order valence-electron chi connectivity index (χ1n) is 5.68. The van der Waals surface area contributed by atoms with Gasteiger partial charge in [0, 0.05) is 33.9 Å². The van der Waals surface area contributed by atoms with Gasteiger partial charge in [-0.15, -0.1) is 0 Å². The second-order valence-electron chi connectivity index (χ2n) is 3.82. The maximum Gasteiger partial charge on any atom is 0.129 e. The Balaban J connectivity index is 2.65. The summed E-state index contributed by atoms with van der Waals surface area (Å²) in [6, 6.07) is 3.44. The van der Waals surface area contributed by atoms with Crippen LogP contribution in [0.5, 0.6) is 0 Å². The number of halogens is 2. The van der Waals surface area contributed by atoms with Crippen molar-refractivity contribution in [3.8, 4) is 0 Å². The third-order valence-corrected chi connectivity index (χ3v) is 3.04. The summed E-state index contributed by atoms with van der Waals surface area (Å²) in [6.45, 7) is 3.53. The molecule has 0 saturated carbocycles. The average Bonchev–Trinajstić information content (AvgIpc) is 2.37. The number of hydrogen-bond donors (Lipinski definition) is 0. The van der Waals surface area contributed by atoms with Gasteiger partial charge in [0.1, 0.15) is 5.15 Å².